The average molecular weight is 360 g/mol. The number of aromatic nitrogens is 4. The van der Waals surface area contributed by atoms with Crippen LogP contribution in [0.4, 0.5) is 0 Å². The Morgan fingerprint density at radius 1 is 1.00 bits per heavy atom. The van der Waals surface area contributed by atoms with Crippen molar-refractivity contribution in [3.63, 3.8) is 0 Å². The Hall–Kier alpha value is -3.61. The van der Waals surface area contributed by atoms with Crippen LogP contribution in [-0.4, -0.2) is 39.9 Å². The maximum atomic E-state index is 5.66. The molecule has 0 bridgehead atoms. The van der Waals surface area contributed by atoms with Gasteiger partial charge in [0.05, 0.1) is 12.8 Å². The predicted molar refractivity (Wildman–Crippen MR) is 99.2 cm³/mol. The molecule has 2 aromatic heterocycles. The van der Waals surface area contributed by atoms with Gasteiger partial charge in [-0.15, -0.1) is 5.10 Å². The quantitative estimate of drug-likeness (QED) is 0.559. The molecule has 0 atom stereocenters. The van der Waals surface area contributed by atoms with E-state index in [1.807, 2.05) is 48.5 Å². The first kappa shape index (κ1) is 15.6. The van der Waals surface area contributed by atoms with Gasteiger partial charge in [-0.2, -0.15) is 9.50 Å². The van der Waals surface area contributed by atoms with Crippen LogP contribution < -0.4 is 14.2 Å². The molecule has 7 nitrogen and oxygen atoms in total. The Balaban J connectivity index is 1.64. The molecule has 0 N–H and O–H groups in total. The van der Waals surface area contributed by atoms with Gasteiger partial charge in [-0.25, -0.2) is 4.98 Å². The summed E-state index contributed by atoms with van der Waals surface area (Å²) >= 11 is 0. The van der Waals surface area contributed by atoms with Gasteiger partial charge in [-0.3, -0.25) is 0 Å². The molecule has 0 amide bonds. The second-order valence-corrected chi connectivity index (χ2v) is 6.04. The minimum absolute atomic E-state index is 0.517. The van der Waals surface area contributed by atoms with E-state index < -0.39 is 0 Å². The lowest BCUT2D eigenvalue weighted by Gasteiger charge is -2.18. The van der Waals surface area contributed by atoms with E-state index in [0.29, 0.717) is 30.6 Å². The molecule has 0 fully saturated rings. The van der Waals surface area contributed by atoms with Gasteiger partial charge in [-0.05, 0) is 36.4 Å². The Labute approximate surface area is 155 Å². The summed E-state index contributed by atoms with van der Waals surface area (Å²) in [6, 6.07) is 15.4. The van der Waals surface area contributed by atoms with E-state index in [0.717, 1.165) is 28.3 Å². The first-order valence-electron chi connectivity index (χ1n) is 8.59. The van der Waals surface area contributed by atoms with Gasteiger partial charge in [0.25, 0.3) is 5.78 Å². The number of hydrogen-bond donors (Lipinski definition) is 0. The molecule has 27 heavy (non-hydrogen) atoms. The van der Waals surface area contributed by atoms with Gasteiger partial charge in [0.1, 0.15) is 19.0 Å². The minimum Gasteiger partial charge on any atom is -0.496 e. The molecular formula is C20H16N4O3. The summed E-state index contributed by atoms with van der Waals surface area (Å²) in [5.41, 5.74) is 2.62. The van der Waals surface area contributed by atoms with E-state index in [9.17, 15) is 0 Å². The molecule has 2 aromatic carbocycles. The fourth-order valence-electron chi connectivity index (χ4n) is 3.16. The third kappa shape index (κ3) is 2.64. The molecule has 1 aliphatic heterocycles. The van der Waals surface area contributed by atoms with Crippen LogP contribution in [0.25, 0.3) is 28.4 Å². The Kier molecular flexibility index (Phi) is 3.64. The number of nitrogens with zero attached hydrogens (tertiary/aromatic N) is 4. The number of fused-ring (bicyclic) bond motifs is 2. The molecule has 0 aliphatic carbocycles. The van der Waals surface area contributed by atoms with Crippen molar-refractivity contribution >= 4 is 5.78 Å². The van der Waals surface area contributed by atoms with Gasteiger partial charge in [0, 0.05) is 17.3 Å². The van der Waals surface area contributed by atoms with Crippen LogP contribution in [0.15, 0.2) is 54.7 Å². The molecule has 0 saturated carbocycles. The average Bonchev–Trinajstić information content (AvgIpc) is 3.18. The molecule has 0 unspecified atom stereocenters. The molecule has 7 heteroatoms. The Morgan fingerprint density at radius 2 is 1.85 bits per heavy atom. The zero-order chi connectivity index (χ0) is 18.2. The van der Waals surface area contributed by atoms with Crippen molar-refractivity contribution in [2.75, 3.05) is 20.3 Å². The SMILES string of the molecule is COc1ccccc1-c1ccnc2nc(-c3ccc4c(c3)OCCO4)nn12. The van der Waals surface area contributed by atoms with Crippen molar-refractivity contribution in [3.8, 4) is 39.9 Å². The summed E-state index contributed by atoms with van der Waals surface area (Å²) in [6.07, 6.45) is 1.72. The second kappa shape index (κ2) is 6.28. The van der Waals surface area contributed by atoms with Crippen LogP contribution in [0.2, 0.25) is 0 Å². The molecule has 0 spiro atoms. The topological polar surface area (TPSA) is 70.8 Å². The van der Waals surface area contributed by atoms with Crippen molar-refractivity contribution < 1.29 is 14.2 Å². The van der Waals surface area contributed by atoms with Crippen LogP contribution in [0.5, 0.6) is 17.2 Å². The summed E-state index contributed by atoms with van der Waals surface area (Å²) in [4.78, 5) is 8.93. The van der Waals surface area contributed by atoms with Crippen molar-refractivity contribution in [1.82, 2.24) is 19.6 Å². The van der Waals surface area contributed by atoms with Crippen LogP contribution in [0.3, 0.4) is 0 Å². The van der Waals surface area contributed by atoms with E-state index in [2.05, 4.69) is 15.1 Å². The van der Waals surface area contributed by atoms with Crippen LogP contribution in [0.1, 0.15) is 0 Å². The van der Waals surface area contributed by atoms with Crippen molar-refractivity contribution in [2.45, 2.75) is 0 Å². The van der Waals surface area contributed by atoms with Gasteiger partial charge in [0.15, 0.2) is 17.3 Å². The van der Waals surface area contributed by atoms with Gasteiger partial charge in [-0.1, -0.05) is 12.1 Å². The monoisotopic (exact) mass is 360 g/mol. The van der Waals surface area contributed by atoms with E-state index in [4.69, 9.17) is 14.2 Å². The molecule has 134 valence electrons. The number of para-hydroxylation sites is 1. The summed E-state index contributed by atoms with van der Waals surface area (Å²) < 4.78 is 18.5. The second-order valence-electron chi connectivity index (χ2n) is 6.04. The minimum atomic E-state index is 0.517. The summed E-state index contributed by atoms with van der Waals surface area (Å²) in [5, 5.41) is 4.67. The number of ether oxygens (including phenoxy) is 3. The zero-order valence-corrected chi connectivity index (χ0v) is 14.6. The lowest BCUT2D eigenvalue weighted by Crippen LogP contribution is -2.15. The number of rotatable bonds is 3. The van der Waals surface area contributed by atoms with Crippen molar-refractivity contribution in [3.05, 3.63) is 54.7 Å². The Bertz CT molecular complexity index is 1140. The third-order valence-electron chi connectivity index (χ3n) is 4.42. The third-order valence-corrected chi connectivity index (χ3v) is 4.42. The maximum absolute atomic E-state index is 5.66. The number of hydrogen-bond acceptors (Lipinski definition) is 6. The molecule has 4 aromatic rings. The van der Waals surface area contributed by atoms with Gasteiger partial charge >= 0.3 is 0 Å². The normalized spacial score (nSPS) is 12.9. The van der Waals surface area contributed by atoms with E-state index in [1.165, 1.54) is 0 Å². The van der Waals surface area contributed by atoms with Gasteiger partial charge in [0.2, 0.25) is 0 Å². The first-order valence-corrected chi connectivity index (χ1v) is 8.59. The molecule has 0 saturated heterocycles. The first-order chi connectivity index (χ1) is 13.3. The largest absolute Gasteiger partial charge is 0.496 e. The van der Waals surface area contributed by atoms with E-state index >= 15 is 0 Å². The highest BCUT2D eigenvalue weighted by molar-refractivity contribution is 5.70. The van der Waals surface area contributed by atoms with E-state index in [-0.39, 0.29) is 0 Å². The van der Waals surface area contributed by atoms with Gasteiger partial charge < -0.3 is 14.2 Å². The molecular weight excluding hydrogens is 344 g/mol. The highest BCUT2D eigenvalue weighted by Crippen LogP contribution is 2.34. The molecule has 5 rings (SSSR count). The lowest BCUT2D eigenvalue weighted by atomic mass is 10.1. The molecule has 0 radical (unpaired) electrons. The lowest BCUT2D eigenvalue weighted by molar-refractivity contribution is 0.171. The Morgan fingerprint density at radius 3 is 2.74 bits per heavy atom. The summed E-state index contributed by atoms with van der Waals surface area (Å²) in [5.74, 6) is 3.30. The molecule has 3 heterocycles. The summed E-state index contributed by atoms with van der Waals surface area (Å²) in [6.45, 7) is 1.10. The standard InChI is InChI=1S/C20H16N4O3/c1-25-16-5-3-2-4-14(16)15-8-9-21-20-22-19(23-24(15)20)13-6-7-17-18(12-13)27-11-10-26-17/h2-9,12H,10-11H2,1H3. The number of methoxy groups -OCH3 is 1. The van der Waals surface area contributed by atoms with Crippen LogP contribution in [0, 0.1) is 0 Å². The van der Waals surface area contributed by atoms with Crippen molar-refractivity contribution in [1.29, 1.82) is 0 Å². The zero-order valence-electron chi connectivity index (χ0n) is 14.6. The highest BCUT2D eigenvalue weighted by Gasteiger charge is 2.17. The van der Waals surface area contributed by atoms with Crippen LogP contribution >= 0.6 is 0 Å². The molecule has 1 aliphatic rings. The number of benzene rings is 2. The van der Waals surface area contributed by atoms with Crippen molar-refractivity contribution in [2.24, 2.45) is 0 Å². The summed E-state index contributed by atoms with van der Waals surface area (Å²) in [7, 11) is 1.65. The fraction of sp³-hybridized carbons (Fsp3) is 0.150. The smallest absolute Gasteiger partial charge is 0.253 e. The predicted octanol–water partition coefficient (Wildman–Crippen LogP) is 3.24. The van der Waals surface area contributed by atoms with Crippen LogP contribution in [-0.2, 0) is 0 Å². The fourth-order valence-corrected chi connectivity index (χ4v) is 3.16. The van der Waals surface area contributed by atoms with E-state index in [1.54, 1.807) is 17.8 Å². The maximum Gasteiger partial charge on any atom is 0.253 e. The highest BCUT2D eigenvalue weighted by atomic mass is 16.6.